The van der Waals surface area contributed by atoms with Gasteiger partial charge in [-0.1, -0.05) is 30.7 Å². The Morgan fingerprint density at radius 3 is 2.40 bits per heavy atom. The number of methoxy groups -OCH3 is 1. The predicted molar refractivity (Wildman–Crippen MR) is 123 cm³/mol. The van der Waals surface area contributed by atoms with E-state index in [1.54, 1.807) is 7.11 Å². The smallest absolute Gasteiger partial charge is 0.118 e. The molecule has 0 radical (unpaired) electrons. The van der Waals surface area contributed by atoms with Gasteiger partial charge in [-0.3, -0.25) is 4.90 Å². The van der Waals surface area contributed by atoms with E-state index in [0.717, 1.165) is 31.1 Å². The quantitative estimate of drug-likeness (QED) is 0.635. The van der Waals surface area contributed by atoms with Crippen LogP contribution < -0.4 is 15.0 Å². The Bertz CT molecular complexity index is 791. The van der Waals surface area contributed by atoms with Crippen LogP contribution in [0, 0.1) is 11.3 Å². The molecule has 0 aliphatic carbocycles. The molecule has 3 rings (SSSR count). The summed E-state index contributed by atoms with van der Waals surface area (Å²) >= 11 is 0. The van der Waals surface area contributed by atoms with Crippen molar-refractivity contribution in [1.29, 1.82) is 5.26 Å². The van der Waals surface area contributed by atoms with Gasteiger partial charge in [-0.05, 0) is 61.3 Å². The Labute approximate surface area is 181 Å². The fourth-order valence-electron chi connectivity index (χ4n) is 4.08. The second kappa shape index (κ2) is 11.6. The van der Waals surface area contributed by atoms with Gasteiger partial charge in [0.25, 0.3) is 0 Å². The Morgan fingerprint density at radius 2 is 1.77 bits per heavy atom. The van der Waals surface area contributed by atoms with Crippen molar-refractivity contribution in [3.05, 3.63) is 59.7 Å². The van der Waals surface area contributed by atoms with Crippen LogP contribution in [-0.4, -0.2) is 45.2 Å². The van der Waals surface area contributed by atoms with Crippen molar-refractivity contribution in [2.75, 3.05) is 45.2 Å². The standard InChI is InChI=1S/C25H34N4O/c1-28(16-6-15-26)23-11-7-21(8-12-23)19-27-20-25(29-17-4-3-5-18-29)22-9-13-24(30-2)14-10-22/h7-14,25,27H,3-6,16-20H2,1-2H3. The van der Waals surface area contributed by atoms with Crippen molar-refractivity contribution < 1.29 is 4.74 Å². The summed E-state index contributed by atoms with van der Waals surface area (Å²) in [5.41, 5.74) is 3.78. The summed E-state index contributed by atoms with van der Waals surface area (Å²) in [5, 5.41) is 12.4. The third-order valence-corrected chi connectivity index (χ3v) is 5.93. The van der Waals surface area contributed by atoms with E-state index in [9.17, 15) is 0 Å². The monoisotopic (exact) mass is 406 g/mol. The zero-order valence-corrected chi connectivity index (χ0v) is 18.3. The highest BCUT2D eigenvalue weighted by molar-refractivity contribution is 5.46. The largest absolute Gasteiger partial charge is 0.497 e. The minimum absolute atomic E-state index is 0.382. The Kier molecular flexibility index (Phi) is 8.55. The highest BCUT2D eigenvalue weighted by atomic mass is 16.5. The van der Waals surface area contributed by atoms with Crippen LogP contribution in [-0.2, 0) is 6.54 Å². The maximum atomic E-state index is 8.76. The van der Waals surface area contributed by atoms with Crippen LogP contribution in [0.25, 0.3) is 0 Å². The van der Waals surface area contributed by atoms with Gasteiger partial charge in [-0.2, -0.15) is 5.26 Å². The van der Waals surface area contributed by atoms with E-state index in [4.69, 9.17) is 10.00 Å². The Morgan fingerprint density at radius 1 is 1.07 bits per heavy atom. The van der Waals surface area contributed by atoms with Gasteiger partial charge < -0.3 is 15.0 Å². The molecule has 5 nitrogen and oxygen atoms in total. The summed E-state index contributed by atoms with van der Waals surface area (Å²) in [6, 6.07) is 19.7. The molecule has 2 aromatic rings. The number of anilines is 1. The first-order valence-corrected chi connectivity index (χ1v) is 11.0. The van der Waals surface area contributed by atoms with Crippen molar-refractivity contribution in [2.24, 2.45) is 0 Å². The Balaban J connectivity index is 1.59. The zero-order chi connectivity index (χ0) is 21.2. The molecule has 2 aromatic carbocycles. The van der Waals surface area contributed by atoms with Gasteiger partial charge in [0.05, 0.1) is 19.6 Å². The predicted octanol–water partition coefficient (Wildman–Crippen LogP) is 4.36. The molecule has 5 heteroatoms. The first-order valence-electron chi connectivity index (χ1n) is 11.0. The van der Waals surface area contributed by atoms with Crippen molar-refractivity contribution in [3.63, 3.8) is 0 Å². The van der Waals surface area contributed by atoms with Gasteiger partial charge in [0, 0.05) is 38.4 Å². The lowest BCUT2D eigenvalue weighted by molar-refractivity contribution is 0.160. The number of nitrogens with one attached hydrogen (secondary N) is 1. The van der Waals surface area contributed by atoms with E-state index in [0.29, 0.717) is 12.5 Å². The fraction of sp³-hybridized carbons (Fsp3) is 0.480. The Hall–Kier alpha value is -2.55. The molecule has 1 heterocycles. The summed E-state index contributed by atoms with van der Waals surface area (Å²) in [7, 11) is 3.74. The molecule has 0 amide bonds. The van der Waals surface area contributed by atoms with Crippen LogP contribution in [0.4, 0.5) is 5.69 Å². The highest BCUT2D eigenvalue weighted by Crippen LogP contribution is 2.26. The van der Waals surface area contributed by atoms with E-state index in [1.165, 1.54) is 43.5 Å². The molecule has 1 unspecified atom stereocenters. The van der Waals surface area contributed by atoms with Crippen LogP contribution in [0.5, 0.6) is 5.75 Å². The minimum Gasteiger partial charge on any atom is -0.497 e. The van der Waals surface area contributed by atoms with Crippen molar-refractivity contribution in [1.82, 2.24) is 10.2 Å². The molecule has 0 bridgehead atoms. The number of piperidine rings is 1. The average molecular weight is 407 g/mol. The fourth-order valence-corrected chi connectivity index (χ4v) is 4.08. The number of likely N-dealkylation sites (tertiary alicyclic amines) is 1. The van der Waals surface area contributed by atoms with Crippen molar-refractivity contribution >= 4 is 5.69 Å². The third-order valence-electron chi connectivity index (χ3n) is 5.93. The van der Waals surface area contributed by atoms with Crippen LogP contribution >= 0.6 is 0 Å². The second-order valence-electron chi connectivity index (χ2n) is 8.01. The molecule has 30 heavy (non-hydrogen) atoms. The van der Waals surface area contributed by atoms with Gasteiger partial charge >= 0.3 is 0 Å². The number of nitrogens with zero attached hydrogens (tertiary/aromatic N) is 3. The van der Waals surface area contributed by atoms with Gasteiger partial charge in [-0.15, -0.1) is 0 Å². The van der Waals surface area contributed by atoms with Gasteiger partial charge in [-0.25, -0.2) is 0 Å². The van der Waals surface area contributed by atoms with Crippen LogP contribution in [0.2, 0.25) is 0 Å². The lowest BCUT2D eigenvalue weighted by Gasteiger charge is -2.35. The zero-order valence-electron chi connectivity index (χ0n) is 18.3. The maximum absolute atomic E-state index is 8.76. The number of nitriles is 1. The van der Waals surface area contributed by atoms with Crippen LogP contribution in [0.15, 0.2) is 48.5 Å². The molecule has 1 N–H and O–H groups in total. The van der Waals surface area contributed by atoms with Crippen LogP contribution in [0.1, 0.15) is 42.9 Å². The number of hydrogen-bond acceptors (Lipinski definition) is 5. The van der Waals surface area contributed by atoms with E-state index in [1.807, 2.05) is 7.05 Å². The topological polar surface area (TPSA) is 51.5 Å². The number of hydrogen-bond donors (Lipinski definition) is 1. The first-order chi connectivity index (χ1) is 14.7. The molecule has 1 aliphatic heterocycles. The van der Waals surface area contributed by atoms with Crippen molar-refractivity contribution in [3.8, 4) is 11.8 Å². The number of ether oxygens (including phenoxy) is 1. The normalized spacial score (nSPS) is 15.4. The summed E-state index contributed by atoms with van der Waals surface area (Å²) in [4.78, 5) is 4.74. The molecule has 0 aromatic heterocycles. The van der Waals surface area contributed by atoms with Gasteiger partial charge in [0.2, 0.25) is 0 Å². The molecule has 0 saturated carbocycles. The van der Waals surface area contributed by atoms with E-state index >= 15 is 0 Å². The average Bonchev–Trinajstić information content (AvgIpc) is 2.81. The highest BCUT2D eigenvalue weighted by Gasteiger charge is 2.22. The number of benzene rings is 2. The summed E-state index contributed by atoms with van der Waals surface area (Å²) in [6.07, 6.45) is 4.46. The van der Waals surface area contributed by atoms with Crippen molar-refractivity contribution in [2.45, 2.75) is 38.3 Å². The molecule has 1 aliphatic rings. The first kappa shape index (κ1) is 22.1. The van der Waals surface area contributed by atoms with Crippen LogP contribution in [0.3, 0.4) is 0 Å². The van der Waals surface area contributed by atoms with E-state index in [-0.39, 0.29) is 0 Å². The lowest BCUT2D eigenvalue weighted by atomic mass is 10.0. The van der Waals surface area contributed by atoms with E-state index in [2.05, 4.69) is 69.7 Å². The number of rotatable bonds is 10. The molecular formula is C25H34N4O. The van der Waals surface area contributed by atoms with E-state index < -0.39 is 0 Å². The molecule has 1 saturated heterocycles. The second-order valence-corrected chi connectivity index (χ2v) is 8.01. The molecule has 1 fully saturated rings. The third kappa shape index (κ3) is 6.22. The molecule has 0 spiro atoms. The lowest BCUT2D eigenvalue weighted by Crippen LogP contribution is -2.39. The summed E-state index contributed by atoms with van der Waals surface area (Å²) in [5.74, 6) is 0.906. The van der Waals surface area contributed by atoms with Gasteiger partial charge in [0.15, 0.2) is 0 Å². The SMILES string of the molecule is COc1ccc(C(CNCc2ccc(N(C)CCC#N)cc2)N2CCCCC2)cc1. The maximum Gasteiger partial charge on any atom is 0.118 e. The summed E-state index contributed by atoms with van der Waals surface area (Å²) in [6.45, 7) is 4.87. The summed E-state index contributed by atoms with van der Waals surface area (Å²) < 4.78 is 5.33. The molecule has 1 atom stereocenters. The molecule has 160 valence electrons. The van der Waals surface area contributed by atoms with Gasteiger partial charge in [0.1, 0.15) is 5.75 Å². The molecular weight excluding hydrogens is 372 g/mol. The minimum atomic E-state index is 0.382.